The third-order valence-corrected chi connectivity index (χ3v) is 3.85. The minimum absolute atomic E-state index is 0.0144. The number of benzene rings is 1. The van der Waals surface area contributed by atoms with E-state index in [1.807, 2.05) is 19.1 Å². The average Bonchev–Trinajstić information content (AvgIpc) is 3.00. The summed E-state index contributed by atoms with van der Waals surface area (Å²) in [6.45, 7) is 4.86. The van der Waals surface area contributed by atoms with Gasteiger partial charge in [-0.15, -0.1) is 5.10 Å². The van der Waals surface area contributed by atoms with Crippen molar-refractivity contribution in [1.82, 2.24) is 20.5 Å². The number of aromatic nitrogens is 3. The Hall–Kier alpha value is -1.82. The maximum atomic E-state index is 11.5. The lowest BCUT2D eigenvalue weighted by Crippen LogP contribution is -2.25. The maximum Gasteiger partial charge on any atom is 0.230 e. The van der Waals surface area contributed by atoms with Gasteiger partial charge >= 0.3 is 0 Å². The Balaban J connectivity index is 1.92. The smallest absolute Gasteiger partial charge is 0.230 e. The molecule has 0 radical (unpaired) electrons. The number of H-pyrrole nitrogens is 1. The second-order valence-corrected chi connectivity index (χ2v) is 5.60. The highest BCUT2D eigenvalue weighted by molar-refractivity contribution is 7.99. The van der Waals surface area contributed by atoms with E-state index in [2.05, 4.69) is 39.6 Å². The van der Waals surface area contributed by atoms with Gasteiger partial charge in [0.15, 0.2) is 5.82 Å². The van der Waals surface area contributed by atoms with E-state index in [9.17, 15) is 4.79 Å². The van der Waals surface area contributed by atoms with Crippen LogP contribution in [0.1, 0.15) is 25.8 Å². The van der Waals surface area contributed by atoms with Gasteiger partial charge in [-0.25, -0.2) is 4.98 Å². The Morgan fingerprint density at radius 2 is 2.05 bits per heavy atom. The summed E-state index contributed by atoms with van der Waals surface area (Å²) >= 11 is 1.34. The third-order valence-electron chi connectivity index (χ3n) is 3.01. The molecule has 2 N–H and O–H groups in total. The van der Waals surface area contributed by atoms with Crippen molar-refractivity contribution in [1.29, 1.82) is 0 Å². The van der Waals surface area contributed by atoms with Gasteiger partial charge < -0.3 is 5.32 Å². The number of aromatic amines is 1. The van der Waals surface area contributed by atoms with Gasteiger partial charge in [-0.1, -0.05) is 49.9 Å². The Morgan fingerprint density at radius 3 is 2.71 bits per heavy atom. The molecule has 0 saturated carbocycles. The summed E-state index contributed by atoms with van der Waals surface area (Å²) in [5.41, 5.74) is 2.29. The number of nitrogens with one attached hydrogen (secondary N) is 2. The van der Waals surface area contributed by atoms with E-state index in [0.717, 1.165) is 24.2 Å². The van der Waals surface area contributed by atoms with Crippen LogP contribution in [-0.2, 0) is 11.2 Å². The molecule has 0 unspecified atom stereocenters. The molecule has 0 fully saturated rings. The predicted octanol–water partition coefficient (Wildman–Crippen LogP) is 2.65. The van der Waals surface area contributed by atoms with Crippen molar-refractivity contribution in [3.05, 3.63) is 29.8 Å². The van der Waals surface area contributed by atoms with Crippen molar-refractivity contribution < 1.29 is 4.79 Å². The van der Waals surface area contributed by atoms with Crippen molar-refractivity contribution in [2.75, 3.05) is 12.3 Å². The maximum absolute atomic E-state index is 11.5. The molecule has 6 heteroatoms. The molecule has 1 aromatic heterocycles. The second-order valence-electron chi connectivity index (χ2n) is 4.66. The minimum Gasteiger partial charge on any atom is -0.355 e. The molecule has 0 aliphatic carbocycles. The summed E-state index contributed by atoms with van der Waals surface area (Å²) in [6, 6.07) is 8.23. The first-order chi connectivity index (χ1) is 10.2. The highest BCUT2D eigenvalue weighted by Crippen LogP contribution is 2.19. The summed E-state index contributed by atoms with van der Waals surface area (Å²) in [4.78, 5) is 15.9. The van der Waals surface area contributed by atoms with E-state index in [0.29, 0.717) is 17.5 Å². The van der Waals surface area contributed by atoms with Crippen LogP contribution in [0.25, 0.3) is 11.4 Å². The lowest BCUT2D eigenvalue weighted by Gasteiger charge is -2.00. The number of thioether (sulfide) groups is 1. The number of hydrogen-bond acceptors (Lipinski definition) is 4. The zero-order valence-electron chi connectivity index (χ0n) is 12.3. The highest BCUT2D eigenvalue weighted by atomic mass is 32.2. The molecule has 0 bridgehead atoms. The number of aryl methyl sites for hydroxylation is 1. The van der Waals surface area contributed by atoms with Crippen LogP contribution in [0.15, 0.2) is 29.4 Å². The number of nitrogens with zero attached hydrogens (tertiary/aromatic N) is 2. The van der Waals surface area contributed by atoms with Gasteiger partial charge in [0.1, 0.15) is 0 Å². The number of rotatable bonds is 7. The molecule has 1 aromatic carbocycles. The standard InChI is InChI=1S/C15H20N4OS/c1-3-9-16-13(20)10-21-15-17-14(18-19-15)12-7-5-11(4-2)6-8-12/h5-8H,3-4,9-10H2,1-2H3,(H,16,20)(H,17,18,19). The van der Waals surface area contributed by atoms with Crippen LogP contribution in [0.2, 0.25) is 0 Å². The van der Waals surface area contributed by atoms with Gasteiger partial charge in [-0.3, -0.25) is 9.89 Å². The first kappa shape index (κ1) is 15.6. The average molecular weight is 304 g/mol. The normalized spacial score (nSPS) is 10.6. The fourth-order valence-electron chi connectivity index (χ4n) is 1.78. The summed E-state index contributed by atoms with van der Waals surface area (Å²) in [5, 5.41) is 10.5. The zero-order valence-corrected chi connectivity index (χ0v) is 13.2. The lowest BCUT2D eigenvalue weighted by atomic mass is 10.1. The molecule has 1 heterocycles. The summed E-state index contributed by atoms with van der Waals surface area (Å²) in [6.07, 6.45) is 1.96. The van der Waals surface area contributed by atoms with Crippen LogP contribution in [-0.4, -0.2) is 33.4 Å². The van der Waals surface area contributed by atoms with E-state index < -0.39 is 0 Å². The van der Waals surface area contributed by atoms with Gasteiger partial charge in [0.25, 0.3) is 0 Å². The van der Waals surface area contributed by atoms with Crippen LogP contribution >= 0.6 is 11.8 Å². The Bertz CT molecular complexity index is 580. The van der Waals surface area contributed by atoms with Crippen LogP contribution in [0.5, 0.6) is 0 Å². The SMILES string of the molecule is CCCNC(=O)CSc1n[nH]c(-c2ccc(CC)cc2)n1. The zero-order chi connectivity index (χ0) is 15.1. The molecular formula is C15H20N4OS. The van der Waals surface area contributed by atoms with Crippen molar-refractivity contribution in [3.8, 4) is 11.4 Å². The molecule has 0 aliphatic heterocycles. The fourth-order valence-corrected chi connectivity index (χ4v) is 2.41. The quantitative estimate of drug-likeness (QED) is 0.772. The summed E-state index contributed by atoms with van der Waals surface area (Å²) in [7, 11) is 0. The van der Waals surface area contributed by atoms with Gasteiger partial charge in [-0.2, -0.15) is 0 Å². The van der Waals surface area contributed by atoms with Crippen LogP contribution < -0.4 is 5.32 Å². The topological polar surface area (TPSA) is 70.7 Å². The van der Waals surface area contributed by atoms with Crippen LogP contribution in [0.3, 0.4) is 0 Å². The lowest BCUT2D eigenvalue weighted by molar-refractivity contribution is -0.118. The first-order valence-electron chi connectivity index (χ1n) is 7.14. The Morgan fingerprint density at radius 1 is 1.29 bits per heavy atom. The van der Waals surface area contributed by atoms with Crippen molar-refractivity contribution in [2.24, 2.45) is 0 Å². The molecule has 0 atom stereocenters. The van der Waals surface area contributed by atoms with Crippen LogP contribution in [0.4, 0.5) is 0 Å². The largest absolute Gasteiger partial charge is 0.355 e. The molecular weight excluding hydrogens is 284 g/mol. The van der Waals surface area contributed by atoms with E-state index in [1.165, 1.54) is 17.3 Å². The van der Waals surface area contributed by atoms with Gasteiger partial charge in [0.05, 0.1) is 5.75 Å². The van der Waals surface area contributed by atoms with Gasteiger partial charge in [0, 0.05) is 12.1 Å². The number of carbonyl (C=O) groups is 1. The molecule has 0 saturated heterocycles. The van der Waals surface area contributed by atoms with Gasteiger partial charge in [-0.05, 0) is 18.4 Å². The van der Waals surface area contributed by atoms with Crippen molar-refractivity contribution >= 4 is 17.7 Å². The van der Waals surface area contributed by atoms with Crippen molar-refractivity contribution in [2.45, 2.75) is 31.8 Å². The van der Waals surface area contributed by atoms with E-state index in [-0.39, 0.29) is 5.91 Å². The molecule has 21 heavy (non-hydrogen) atoms. The first-order valence-corrected chi connectivity index (χ1v) is 8.12. The molecule has 5 nitrogen and oxygen atoms in total. The molecule has 2 aromatic rings. The monoisotopic (exact) mass is 304 g/mol. The molecule has 0 spiro atoms. The molecule has 2 rings (SSSR count). The Kier molecular flexibility index (Phi) is 5.80. The number of amides is 1. The van der Waals surface area contributed by atoms with Crippen molar-refractivity contribution in [3.63, 3.8) is 0 Å². The van der Waals surface area contributed by atoms with E-state index in [1.54, 1.807) is 0 Å². The summed E-state index contributed by atoms with van der Waals surface area (Å²) in [5.74, 6) is 1.08. The highest BCUT2D eigenvalue weighted by Gasteiger charge is 2.08. The Labute approximate surface area is 128 Å². The van der Waals surface area contributed by atoms with Crippen LogP contribution in [0, 0.1) is 0 Å². The molecule has 112 valence electrons. The summed E-state index contributed by atoms with van der Waals surface area (Å²) < 4.78 is 0. The number of hydrogen-bond donors (Lipinski definition) is 2. The number of carbonyl (C=O) groups excluding carboxylic acids is 1. The fraction of sp³-hybridized carbons (Fsp3) is 0.400. The predicted molar refractivity (Wildman–Crippen MR) is 85.2 cm³/mol. The van der Waals surface area contributed by atoms with E-state index >= 15 is 0 Å². The molecule has 0 aliphatic rings. The van der Waals surface area contributed by atoms with Gasteiger partial charge in [0.2, 0.25) is 11.1 Å². The second kappa shape index (κ2) is 7.83. The molecule has 1 amide bonds. The minimum atomic E-state index is 0.0144. The third kappa shape index (κ3) is 4.60. The van der Waals surface area contributed by atoms with E-state index in [4.69, 9.17) is 0 Å².